The largest absolute Gasteiger partial charge is 0.632 e. The summed E-state index contributed by atoms with van der Waals surface area (Å²) in [6.45, 7) is 1.11. The second-order valence-corrected chi connectivity index (χ2v) is 5.81. The fourth-order valence-electron chi connectivity index (χ4n) is 1.61. The molecule has 0 fully saturated rings. The number of aliphatic carboxylic acids is 1. The van der Waals surface area contributed by atoms with E-state index in [0.717, 1.165) is 19.3 Å². The predicted octanol–water partition coefficient (Wildman–Crippen LogP) is 1.10. The highest BCUT2D eigenvalue weighted by Crippen LogP contribution is 2.38. The van der Waals surface area contributed by atoms with Crippen LogP contribution >= 0.6 is 7.60 Å². The second-order valence-electron chi connectivity index (χ2n) is 4.20. The van der Waals surface area contributed by atoms with Crippen molar-refractivity contribution in [2.45, 2.75) is 32.6 Å². The Morgan fingerprint density at radius 1 is 1.29 bits per heavy atom. The molecule has 1 atom stereocenters. The van der Waals surface area contributed by atoms with E-state index in [4.69, 9.17) is 14.9 Å². The van der Waals surface area contributed by atoms with E-state index in [2.05, 4.69) is 0 Å². The van der Waals surface area contributed by atoms with Gasteiger partial charge in [0, 0.05) is 0 Å². The van der Waals surface area contributed by atoms with Gasteiger partial charge in [-0.05, 0) is 12.8 Å². The number of hydrogen-bond donors (Lipinski definition) is 3. The lowest BCUT2D eigenvalue weighted by molar-refractivity contribution is -0.863. The average Bonchev–Trinajstić information content (AvgIpc) is 2.07. The third-order valence-electron chi connectivity index (χ3n) is 2.28. The molecular formula is C9H20NO6P. The molecule has 0 radical (unpaired) electrons. The van der Waals surface area contributed by atoms with Crippen molar-refractivity contribution >= 4 is 13.6 Å². The van der Waals surface area contributed by atoms with Crippen molar-refractivity contribution in [2.24, 2.45) is 0 Å². The van der Waals surface area contributed by atoms with Gasteiger partial charge in [0.25, 0.3) is 0 Å². The van der Waals surface area contributed by atoms with Gasteiger partial charge in [-0.3, -0.25) is 4.57 Å². The van der Waals surface area contributed by atoms with Crippen LogP contribution in [0.4, 0.5) is 0 Å². The molecule has 0 spiro atoms. The number of hydrogen-bond acceptors (Lipinski definition) is 3. The Morgan fingerprint density at radius 2 is 1.88 bits per heavy atom. The van der Waals surface area contributed by atoms with Crippen molar-refractivity contribution in [3.05, 3.63) is 5.21 Å². The molecule has 0 saturated carbocycles. The van der Waals surface area contributed by atoms with Gasteiger partial charge < -0.3 is 24.7 Å². The van der Waals surface area contributed by atoms with Gasteiger partial charge in [-0.25, -0.2) is 4.79 Å². The van der Waals surface area contributed by atoms with E-state index in [9.17, 15) is 14.6 Å². The lowest BCUT2D eigenvalue weighted by Crippen LogP contribution is -2.47. The van der Waals surface area contributed by atoms with Gasteiger partial charge in [0.05, 0.1) is 6.54 Å². The van der Waals surface area contributed by atoms with Crippen molar-refractivity contribution in [1.82, 2.24) is 0 Å². The molecule has 0 rings (SSSR count). The smallest absolute Gasteiger partial charge is 0.379 e. The third kappa shape index (κ3) is 9.26. The maximum absolute atomic E-state index is 12.0. The number of carboxylic acid groups (broad SMARTS) is 1. The average molecular weight is 269 g/mol. The molecule has 102 valence electrons. The van der Waals surface area contributed by atoms with Gasteiger partial charge in [-0.1, -0.05) is 19.8 Å². The van der Waals surface area contributed by atoms with Crippen molar-refractivity contribution in [2.75, 3.05) is 19.4 Å². The molecule has 0 bridgehead atoms. The van der Waals surface area contributed by atoms with E-state index in [1.807, 2.05) is 6.92 Å². The molecule has 0 amide bonds. The summed E-state index contributed by atoms with van der Waals surface area (Å²) in [4.78, 5) is 28.1. The lowest BCUT2D eigenvalue weighted by Gasteiger charge is -2.41. The van der Waals surface area contributed by atoms with E-state index in [-0.39, 0.29) is 6.54 Å². The zero-order valence-corrected chi connectivity index (χ0v) is 10.8. The highest BCUT2D eigenvalue weighted by Gasteiger charge is 2.30. The first-order valence-corrected chi connectivity index (χ1v) is 7.32. The lowest BCUT2D eigenvalue weighted by atomic mass is 10.2. The summed E-state index contributed by atoms with van der Waals surface area (Å²) in [5.74, 6) is -1.34. The molecule has 3 N–H and O–H groups in total. The number of quaternary nitrogens is 1. The summed E-state index contributed by atoms with van der Waals surface area (Å²) in [6.07, 6.45) is 2.16. The molecular weight excluding hydrogens is 249 g/mol. The van der Waals surface area contributed by atoms with Crippen LogP contribution in [-0.2, 0) is 9.36 Å². The fraction of sp³-hybridized carbons (Fsp3) is 0.889. The van der Waals surface area contributed by atoms with Gasteiger partial charge in [0.15, 0.2) is 12.8 Å². The number of nitrogens with zero attached hydrogens (tertiary/aromatic N) is 1. The molecule has 1 unspecified atom stereocenters. The number of unbranched alkanes of at least 4 members (excludes halogenated alkanes) is 3. The summed E-state index contributed by atoms with van der Waals surface area (Å²) in [7, 11) is -4.50. The Labute approximate surface area is 100 Å². The van der Waals surface area contributed by atoms with Gasteiger partial charge in [-0.2, -0.15) is 0 Å². The molecule has 0 aliphatic heterocycles. The van der Waals surface area contributed by atoms with Gasteiger partial charge in [-0.15, -0.1) is 0 Å². The summed E-state index contributed by atoms with van der Waals surface area (Å²) >= 11 is 0. The normalized spacial score (nSPS) is 15.5. The summed E-state index contributed by atoms with van der Waals surface area (Å²) in [5.41, 5.74) is 0. The molecule has 0 aromatic rings. The minimum Gasteiger partial charge on any atom is -0.632 e. The Kier molecular flexibility index (Phi) is 6.89. The van der Waals surface area contributed by atoms with Crippen LogP contribution in [-0.4, -0.2) is 44.9 Å². The SMILES string of the molecule is CCCCCC[N+]([O-])(CC(=O)O)CP(=O)(O)O. The Bertz CT molecular complexity index is 291. The first-order chi connectivity index (χ1) is 7.68. The maximum Gasteiger partial charge on any atom is 0.379 e. The van der Waals surface area contributed by atoms with E-state index in [1.54, 1.807) is 0 Å². The number of rotatable bonds is 9. The van der Waals surface area contributed by atoms with Crippen LogP contribution in [0.5, 0.6) is 0 Å². The van der Waals surface area contributed by atoms with Crippen molar-refractivity contribution < 1.29 is 28.9 Å². The number of carboxylic acids is 1. The van der Waals surface area contributed by atoms with E-state index in [0.29, 0.717) is 6.42 Å². The maximum atomic E-state index is 12.0. The molecule has 0 aromatic carbocycles. The van der Waals surface area contributed by atoms with E-state index in [1.165, 1.54) is 0 Å². The van der Waals surface area contributed by atoms with Crippen molar-refractivity contribution in [3.8, 4) is 0 Å². The zero-order chi connectivity index (χ0) is 13.5. The topological polar surface area (TPSA) is 118 Å². The Hall–Kier alpha value is -0.460. The van der Waals surface area contributed by atoms with Crippen LogP contribution in [0.3, 0.4) is 0 Å². The Balaban J connectivity index is 4.39. The highest BCUT2D eigenvalue weighted by molar-refractivity contribution is 7.51. The van der Waals surface area contributed by atoms with Crippen molar-refractivity contribution in [3.63, 3.8) is 0 Å². The first kappa shape index (κ1) is 16.5. The standard InChI is InChI=1S/C9H20NO6P/c1-2-3-4-5-6-10(13,7-9(11)12)8-17(14,15)16/h2-8H2,1H3,(H,11,12)(H2,14,15,16). The number of carbonyl (C=O) groups is 1. The monoisotopic (exact) mass is 269 g/mol. The zero-order valence-electron chi connectivity index (χ0n) is 9.91. The third-order valence-corrected chi connectivity index (χ3v) is 3.17. The van der Waals surface area contributed by atoms with Crippen LogP contribution < -0.4 is 0 Å². The van der Waals surface area contributed by atoms with Gasteiger partial charge in [0.1, 0.15) is 0 Å². The minimum absolute atomic E-state index is 0.0720. The van der Waals surface area contributed by atoms with Gasteiger partial charge >= 0.3 is 13.6 Å². The summed E-state index contributed by atoms with van der Waals surface area (Å²) in [6, 6.07) is 0. The molecule has 0 aromatic heterocycles. The fourth-order valence-corrected chi connectivity index (χ4v) is 2.52. The quantitative estimate of drug-likeness (QED) is 0.250. The summed E-state index contributed by atoms with van der Waals surface area (Å²) < 4.78 is 9.45. The minimum atomic E-state index is -4.50. The predicted molar refractivity (Wildman–Crippen MR) is 62.1 cm³/mol. The first-order valence-electron chi connectivity index (χ1n) is 5.52. The van der Waals surface area contributed by atoms with Gasteiger partial charge in [0.2, 0.25) is 0 Å². The van der Waals surface area contributed by atoms with Crippen LogP contribution in [0, 0.1) is 5.21 Å². The highest BCUT2D eigenvalue weighted by atomic mass is 31.2. The van der Waals surface area contributed by atoms with E-state index >= 15 is 0 Å². The van der Waals surface area contributed by atoms with Crippen LogP contribution in [0.2, 0.25) is 0 Å². The second kappa shape index (κ2) is 7.08. The molecule has 0 aliphatic carbocycles. The number of hydroxylamine groups is 3. The molecule has 0 heterocycles. The molecule has 0 aliphatic rings. The van der Waals surface area contributed by atoms with Crippen LogP contribution in [0.15, 0.2) is 0 Å². The molecule has 0 saturated heterocycles. The molecule has 17 heavy (non-hydrogen) atoms. The van der Waals surface area contributed by atoms with E-state index < -0.39 is 31.0 Å². The summed E-state index contributed by atoms with van der Waals surface area (Å²) in [5, 5.41) is 20.5. The molecule has 7 nitrogen and oxygen atoms in total. The molecule has 8 heteroatoms. The van der Waals surface area contributed by atoms with Crippen LogP contribution in [0.1, 0.15) is 32.6 Å². The Morgan fingerprint density at radius 3 is 2.29 bits per heavy atom. The van der Waals surface area contributed by atoms with Crippen molar-refractivity contribution in [1.29, 1.82) is 0 Å². The van der Waals surface area contributed by atoms with Crippen LogP contribution in [0.25, 0.3) is 0 Å².